The molecule has 0 atom stereocenters. The van der Waals surface area contributed by atoms with Gasteiger partial charge in [0.1, 0.15) is 12.2 Å². The van der Waals surface area contributed by atoms with Gasteiger partial charge < -0.3 is 116 Å². The Bertz CT molecular complexity index is 1480. The summed E-state index contributed by atoms with van der Waals surface area (Å²) in [5, 5.41) is 26.0. The molecule has 0 saturated carbocycles. The lowest BCUT2D eigenvalue weighted by Gasteiger charge is -2.19. The maximum atomic E-state index is 11.8. The van der Waals surface area contributed by atoms with Gasteiger partial charge in [-0.2, -0.15) is 15.0 Å². The van der Waals surface area contributed by atoms with Gasteiger partial charge in [-0.15, -0.1) is 0 Å². The Morgan fingerprint density at radius 3 is 0.838 bits per heavy atom. The lowest BCUT2D eigenvalue weighted by Crippen LogP contribution is -2.34. The Morgan fingerprint density at radius 2 is 0.575 bits per heavy atom. The first-order valence-corrected chi connectivity index (χ1v) is 27.1. The van der Waals surface area contributed by atoms with Crippen molar-refractivity contribution in [1.82, 2.24) is 20.3 Å². The Balaban J connectivity index is 2.13. The predicted molar refractivity (Wildman–Crippen MR) is 285 cm³/mol. The molecule has 0 unspecified atom stereocenters. The molecule has 468 valence electrons. The molecule has 80 heavy (non-hydrogen) atoms. The highest BCUT2D eigenvalue weighted by molar-refractivity contribution is 5.67. The van der Waals surface area contributed by atoms with Crippen LogP contribution in [0.5, 0.6) is 6.01 Å². The van der Waals surface area contributed by atoms with E-state index in [4.69, 9.17) is 100 Å². The van der Waals surface area contributed by atoms with Gasteiger partial charge in [-0.1, -0.05) is 0 Å². The largest absolute Gasteiger partial charge is 0.481 e. The Kier molecular flexibility index (Phi) is 52.5. The van der Waals surface area contributed by atoms with E-state index in [1.807, 2.05) is 0 Å². The minimum atomic E-state index is -0.890. The minimum absolute atomic E-state index is 0.0223. The molecule has 30 nitrogen and oxygen atoms in total. The number of carboxylic acids is 2. The fraction of sp³-hybridized carbons (Fsp3) is 0.880. The van der Waals surface area contributed by atoms with Crippen LogP contribution in [0.25, 0.3) is 0 Å². The van der Waals surface area contributed by atoms with Crippen molar-refractivity contribution in [2.75, 3.05) is 262 Å². The van der Waals surface area contributed by atoms with Crippen LogP contribution in [-0.2, 0) is 94.9 Å². The summed E-state index contributed by atoms with van der Waals surface area (Å²) >= 11 is 0. The monoisotopic (exact) mass is 1160 g/mol. The Morgan fingerprint density at radius 1 is 0.338 bits per heavy atom. The molecule has 1 aromatic rings. The van der Waals surface area contributed by atoms with E-state index in [1.54, 1.807) is 20.8 Å². The lowest BCUT2D eigenvalue weighted by molar-refractivity contribution is -0.139. The van der Waals surface area contributed by atoms with Crippen molar-refractivity contribution in [3.05, 3.63) is 0 Å². The van der Waals surface area contributed by atoms with Crippen LogP contribution in [0.3, 0.4) is 0 Å². The molecular formula is C50H94N6O24. The van der Waals surface area contributed by atoms with Gasteiger partial charge in [0.15, 0.2) is 0 Å². The van der Waals surface area contributed by atoms with Crippen LogP contribution in [0.4, 0.5) is 16.7 Å². The van der Waals surface area contributed by atoms with Gasteiger partial charge in [-0.25, -0.2) is 4.79 Å². The van der Waals surface area contributed by atoms with Crippen LogP contribution >= 0.6 is 0 Å². The van der Waals surface area contributed by atoms with Crippen LogP contribution in [-0.4, -0.2) is 300 Å². The van der Waals surface area contributed by atoms with Crippen LogP contribution in [0.1, 0.15) is 33.6 Å². The third-order valence-electron chi connectivity index (χ3n) is 9.18. The first-order chi connectivity index (χ1) is 39.0. The second-order valence-electron chi connectivity index (χ2n) is 17.1. The van der Waals surface area contributed by atoms with Crippen LogP contribution in [0.2, 0.25) is 0 Å². The van der Waals surface area contributed by atoms with E-state index < -0.39 is 23.6 Å². The summed E-state index contributed by atoms with van der Waals surface area (Å²) in [7, 11) is 0. The molecule has 5 N–H and O–H groups in total. The second-order valence-corrected chi connectivity index (χ2v) is 17.1. The van der Waals surface area contributed by atoms with E-state index in [2.05, 4.69) is 30.9 Å². The van der Waals surface area contributed by atoms with Crippen molar-refractivity contribution >= 4 is 29.9 Å². The number of ether oxygens (including phenoxy) is 19. The molecule has 0 fully saturated rings. The number of nitrogens with one attached hydrogen (secondary N) is 3. The average Bonchev–Trinajstić information content (AvgIpc) is 3.41. The highest BCUT2D eigenvalue weighted by Gasteiger charge is 2.15. The molecule has 1 rings (SSSR count). The number of rotatable bonds is 63. The summed E-state index contributed by atoms with van der Waals surface area (Å²) in [6.07, 6.45) is -0.564. The van der Waals surface area contributed by atoms with Crippen molar-refractivity contribution in [3.63, 3.8) is 0 Å². The summed E-state index contributed by atoms with van der Waals surface area (Å²) in [6.45, 7) is 19.8. The van der Waals surface area contributed by atoms with E-state index >= 15 is 0 Å². The molecular weight excluding hydrogens is 1070 g/mol. The number of carbonyl (C=O) groups is 3. The van der Waals surface area contributed by atoms with E-state index in [-0.39, 0.29) is 70.3 Å². The molecule has 0 aromatic carbocycles. The first-order valence-electron chi connectivity index (χ1n) is 27.1. The standard InChI is InChI=1S/C50H94N6O24/c1-50(2,3)80-49(61)53-8-13-66-42-43-79-48-55-46(51-6-11-64-16-20-69-24-28-73-32-36-77-40-38-75-34-30-71-26-22-67-18-14-62-9-4-44(57)58)54-47(56-48)52-7-12-65-17-21-70-25-29-74-33-37-78-41-39-76-35-31-72-27-23-68-19-15-63-10-5-45(59)60/h4-43H2,1-3H3,(H,53,61)(H,57,58)(H,59,60)(H2,51,52,54,55,56). The molecule has 0 aliphatic rings. The zero-order valence-corrected chi connectivity index (χ0v) is 47.5. The topological polar surface area (TPSA) is 342 Å². The van der Waals surface area contributed by atoms with Gasteiger partial charge in [-0.05, 0) is 20.8 Å². The van der Waals surface area contributed by atoms with E-state index in [0.29, 0.717) is 211 Å². The van der Waals surface area contributed by atoms with Crippen LogP contribution in [0, 0.1) is 0 Å². The molecule has 1 heterocycles. The van der Waals surface area contributed by atoms with Gasteiger partial charge in [0.2, 0.25) is 11.9 Å². The lowest BCUT2D eigenvalue weighted by atomic mass is 10.2. The highest BCUT2D eigenvalue weighted by atomic mass is 16.6. The smallest absolute Gasteiger partial charge is 0.407 e. The van der Waals surface area contributed by atoms with E-state index in [1.165, 1.54) is 0 Å². The summed E-state index contributed by atoms with van der Waals surface area (Å²) in [6, 6.07) is 0.0818. The molecule has 0 saturated heterocycles. The average molecular weight is 1160 g/mol. The molecule has 0 bridgehead atoms. The number of amides is 1. The van der Waals surface area contributed by atoms with Gasteiger partial charge in [0, 0.05) is 19.6 Å². The van der Waals surface area contributed by atoms with E-state index in [0.717, 1.165) is 0 Å². The number of hydrogen-bond donors (Lipinski definition) is 5. The minimum Gasteiger partial charge on any atom is -0.481 e. The van der Waals surface area contributed by atoms with Gasteiger partial charge in [-0.3, -0.25) is 9.59 Å². The number of hydrogen-bond acceptors (Lipinski definition) is 27. The molecule has 0 spiro atoms. The number of carbonyl (C=O) groups excluding carboxylic acids is 1. The number of carboxylic acid groups (broad SMARTS) is 2. The summed E-state index contributed by atoms with van der Waals surface area (Å²) < 4.78 is 104. The summed E-state index contributed by atoms with van der Waals surface area (Å²) in [5.74, 6) is -1.22. The summed E-state index contributed by atoms with van der Waals surface area (Å²) in [5.41, 5.74) is -0.592. The van der Waals surface area contributed by atoms with Gasteiger partial charge in [0.05, 0.1) is 237 Å². The maximum absolute atomic E-state index is 11.8. The van der Waals surface area contributed by atoms with Crippen molar-refractivity contribution in [1.29, 1.82) is 0 Å². The number of aromatic nitrogens is 3. The zero-order chi connectivity index (χ0) is 57.9. The molecule has 0 radical (unpaired) electrons. The molecule has 30 heteroatoms. The van der Waals surface area contributed by atoms with Gasteiger partial charge >= 0.3 is 24.0 Å². The van der Waals surface area contributed by atoms with Crippen LogP contribution < -0.4 is 20.7 Å². The Hall–Kier alpha value is -4.06. The first kappa shape index (κ1) is 74.0. The molecule has 1 aromatic heterocycles. The second kappa shape index (κ2) is 56.8. The highest BCUT2D eigenvalue weighted by Crippen LogP contribution is 2.11. The third kappa shape index (κ3) is 57.2. The van der Waals surface area contributed by atoms with Crippen molar-refractivity contribution < 1.29 is 115 Å². The number of anilines is 2. The quantitative estimate of drug-likeness (QED) is 0.0564. The number of alkyl carbamates (subject to hydrolysis) is 1. The van der Waals surface area contributed by atoms with Crippen molar-refractivity contribution in [2.45, 2.75) is 39.2 Å². The molecule has 0 aliphatic carbocycles. The van der Waals surface area contributed by atoms with Gasteiger partial charge in [0.25, 0.3) is 0 Å². The van der Waals surface area contributed by atoms with Crippen LogP contribution in [0.15, 0.2) is 0 Å². The fourth-order valence-corrected chi connectivity index (χ4v) is 5.48. The van der Waals surface area contributed by atoms with E-state index in [9.17, 15) is 14.4 Å². The Labute approximate surface area is 470 Å². The van der Waals surface area contributed by atoms with Crippen molar-refractivity contribution in [3.8, 4) is 6.01 Å². The normalized spacial score (nSPS) is 11.5. The number of nitrogens with zero attached hydrogens (tertiary/aromatic N) is 3. The maximum Gasteiger partial charge on any atom is 0.407 e. The summed E-state index contributed by atoms with van der Waals surface area (Å²) in [4.78, 5) is 45.8. The molecule has 0 aliphatic heterocycles. The SMILES string of the molecule is CC(C)(C)OC(=O)NCCOCCOc1nc(NCCOCCOCCOCCOCCOCCOCCOCCOCCC(=O)O)nc(NCCOCCOCCOCCOCCOCCOCCOCCOCCC(=O)O)n1. The third-order valence-corrected chi connectivity index (χ3v) is 9.18. The number of aliphatic carboxylic acids is 2. The van der Waals surface area contributed by atoms with Crippen molar-refractivity contribution in [2.24, 2.45) is 0 Å². The predicted octanol–water partition coefficient (Wildman–Crippen LogP) is 0.830. The fourth-order valence-electron chi connectivity index (χ4n) is 5.48. The zero-order valence-electron chi connectivity index (χ0n) is 47.5. The molecule has 1 amide bonds.